The van der Waals surface area contributed by atoms with E-state index in [0.29, 0.717) is 10.9 Å². The van der Waals surface area contributed by atoms with E-state index in [1.165, 1.54) is 12.3 Å². The number of rotatable bonds is 2. The molecule has 0 aliphatic rings. The van der Waals surface area contributed by atoms with E-state index in [9.17, 15) is 15.0 Å². The standard InChI is InChI=1S/C13H13NO3/c1-7(2)12(16)9-6-10(15)11-8(13(9)17)4-3-5-14-11/h3-7,15,17H,1-2H3. The fourth-order valence-electron chi connectivity index (χ4n) is 1.72. The van der Waals surface area contributed by atoms with Gasteiger partial charge in [-0.2, -0.15) is 0 Å². The number of hydrogen-bond donors (Lipinski definition) is 2. The van der Waals surface area contributed by atoms with E-state index in [1.54, 1.807) is 26.0 Å². The first-order valence-electron chi connectivity index (χ1n) is 5.36. The lowest BCUT2D eigenvalue weighted by atomic mass is 9.98. The maximum Gasteiger partial charge on any atom is 0.169 e. The Morgan fingerprint density at radius 2 is 2.06 bits per heavy atom. The summed E-state index contributed by atoms with van der Waals surface area (Å²) in [5, 5.41) is 20.2. The first-order valence-corrected chi connectivity index (χ1v) is 5.36. The minimum atomic E-state index is -0.241. The zero-order valence-corrected chi connectivity index (χ0v) is 9.64. The number of carbonyl (C=O) groups is 1. The van der Waals surface area contributed by atoms with Crippen LogP contribution in [0.5, 0.6) is 11.5 Å². The highest BCUT2D eigenvalue weighted by Crippen LogP contribution is 2.34. The Balaban J connectivity index is 2.75. The first-order chi connectivity index (χ1) is 8.02. The molecule has 1 heterocycles. The molecule has 1 aromatic carbocycles. The maximum absolute atomic E-state index is 11.9. The number of nitrogens with zero attached hydrogens (tertiary/aromatic N) is 1. The predicted molar refractivity (Wildman–Crippen MR) is 64.2 cm³/mol. The third-order valence-corrected chi connectivity index (χ3v) is 2.63. The van der Waals surface area contributed by atoms with Crippen LogP contribution in [0.25, 0.3) is 10.9 Å². The Hall–Kier alpha value is -2.10. The lowest BCUT2D eigenvalue weighted by Gasteiger charge is -2.10. The molecule has 17 heavy (non-hydrogen) atoms. The topological polar surface area (TPSA) is 70.4 Å². The van der Waals surface area contributed by atoms with Crippen molar-refractivity contribution in [1.29, 1.82) is 0 Å². The van der Waals surface area contributed by atoms with E-state index in [4.69, 9.17) is 0 Å². The highest BCUT2D eigenvalue weighted by molar-refractivity contribution is 6.06. The molecule has 2 aromatic rings. The molecule has 0 fully saturated rings. The lowest BCUT2D eigenvalue weighted by Crippen LogP contribution is -2.07. The van der Waals surface area contributed by atoms with Crippen molar-refractivity contribution < 1.29 is 15.0 Å². The summed E-state index contributed by atoms with van der Waals surface area (Å²) in [5.41, 5.74) is 0.434. The van der Waals surface area contributed by atoms with Crippen molar-refractivity contribution in [3.63, 3.8) is 0 Å². The van der Waals surface area contributed by atoms with Gasteiger partial charge in [-0.1, -0.05) is 13.8 Å². The molecule has 0 amide bonds. The fraction of sp³-hybridized carbons (Fsp3) is 0.231. The van der Waals surface area contributed by atoms with Crippen LogP contribution in [0.2, 0.25) is 0 Å². The largest absolute Gasteiger partial charge is 0.506 e. The Kier molecular flexibility index (Phi) is 2.71. The van der Waals surface area contributed by atoms with E-state index in [-0.39, 0.29) is 28.8 Å². The van der Waals surface area contributed by atoms with Gasteiger partial charge in [0, 0.05) is 17.5 Å². The van der Waals surface area contributed by atoms with Crippen molar-refractivity contribution in [3.05, 3.63) is 30.0 Å². The van der Waals surface area contributed by atoms with Gasteiger partial charge in [-0.25, -0.2) is 0 Å². The van der Waals surface area contributed by atoms with Crippen LogP contribution in [0.15, 0.2) is 24.4 Å². The average molecular weight is 231 g/mol. The van der Waals surface area contributed by atoms with Gasteiger partial charge < -0.3 is 10.2 Å². The number of pyridine rings is 1. The van der Waals surface area contributed by atoms with Crippen LogP contribution in [0.1, 0.15) is 24.2 Å². The summed E-state index contributed by atoms with van der Waals surface area (Å²) >= 11 is 0. The maximum atomic E-state index is 11.9. The fourth-order valence-corrected chi connectivity index (χ4v) is 1.72. The van der Waals surface area contributed by atoms with E-state index >= 15 is 0 Å². The molecule has 4 heteroatoms. The molecule has 1 aromatic heterocycles. The number of hydrogen-bond acceptors (Lipinski definition) is 4. The van der Waals surface area contributed by atoms with E-state index in [0.717, 1.165) is 0 Å². The number of benzene rings is 1. The number of fused-ring (bicyclic) bond motifs is 1. The second-order valence-corrected chi connectivity index (χ2v) is 4.21. The van der Waals surface area contributed by atoms with Gasteiger partial charge in [0.1, 0.15) is 17.0 Å². The molecule has 2 rings (SSSR count). The third kappa shape index (κ3) is 1.82. The quantitative estimate of drug-likeness (QED) is 0.615. The normalized spacial score (nSPS) is 11.0. The van der Waals surface area contributed by atoms with Crippen molar-refractivity contribution in [2.24, 2.45) is 5.92 Å². The molecule has 0 radical (unpaired) electrons. The molecule has 0 spiro atoms. The second-order valence-electron chi connectivity index (χ2n) is 4.21. The van der Waals surface area contributed by atoms with Gasteiger partial charge >= 0.3 is 0 Å². The molecule has 0 aliphatic heterocycles. The number of Topliss-reactive ketones (excluding diaryl/α,β-unsaturated/α-hetero) is 1. The van der Waals surface area contributed by atoms with Crippen molar-refractivity contribution in [3.8, 4) is 11.5 Å². The first kappa shape index (κ1) is 11.4. The average Bonchev–Trinajstić information content (AvgIpc) is 2.33. The SMILES string of the molecule is CC(C)C(=O)c1cc(O)c2ncccc2c1O. The molecule has 88 valence electrons. The number of phenols is 2. The summed E-state index contributed by atoms with van der Waals surface area (Å²) in [7, 11) is 0. The number of aromatic nitrogens is 1. The number of phenolic OH excluding ortho intramolecular Hbond substituents is 2. The molecule has 0 bridgehead atoms. The molecular formula is C13H13NO3. The third-order valence-electron chi connectivity index (χ3n) is 2.63. The van der Waals surface area contributed by atoms with Crippen LogP contribution in [-0.4, -0.2) is 21.0 Å². The molecule has 0 atom stereocenters. The molecule has 0 aliphatic carbocycles. The van der Waals surface area contributed by atoms with Crippen LogP contribution < -0.4 is 0 Å². The Morgan fingerprint density at radius 1 is 1.35 bits per heavy atom. The van der Waals surface area contributed by atoms with Crippen molar-refractivity contribution in [1.82, 2.24) is 4.98 Å². The molecule has 0 saturated heterocycles. The van der Waals surface area contributed by atoms with Crippen molar-refractivity contribution in [2.75, 3.05) is 0 Å². The minimum absolute atomic E-state index is 0.0950. The summed E-state index contributed by atoms with van der Waals surface area (Å²) in [5.74, 6) is -0.662. The Morgan fingerprint density at radius 3 is 2.71 bits per heavy atom. The lowest BCUT2D eigenvalue weighted by molar-refractivity contribution is 0.0936. The highest BCUT2D eigenvalue weighted by atomic mass is 16.3. The summed E-state index contributed by atoms with van der Waals surface area (Å²) < 4.78 is 0. The molecule has 0 saturated carbocycles. The van der Waals surface area contributed by atoms with Gasteiger partial charge in [-0.15, -0.1) is 0 Å². The zero-order chi connectivity index (χ0) is 12.6. The summed E-state index contributed by atoms with van der Waals surface area (Å²) in [6.07, 6.45) is 1.52. The summed E-state index contributed by atoms with van der Waals surface area (Å²) in [6, 6.07) is 4.53. The van der Waals surface area contributed by atoms with Gasteiger partial charge in [0.15, 0.2) is 5.78 Å². The number of carbonyl (C=O) groups excluding carboxylic acids is 1. The smallest absolute Gasteiger partial charge is 0.169 e. The van der Waals surface area contributed by atoms with Crippen LogP contribution in [0, 0.1) is 5.92 Å². The number of aromatic hydroxyl groups is 2. The molecule has 4 nitrogen and oxygen atoms in total. The molecular weight excluding hydrogens is 218 g/mol. The van der Waals surface area contributed by atoms with Crippen LogP contribution in [0.4, 0.5) is 0 Å². The second kappa shape index (κ2) is 4.05. The Bertz CT molecular complexity index is 590. The van der Waals surface area contributed by atoms with Crippen LogP contribution in [-0.2, 0) is 0 Å². The van der Waals surface area contributed by atoms with Gasteiger partial charge in [-0.05, 0) is 18.2 Å². The monoisotopic (exact) mass is 231 g/mol. The zero-order valence-electron chi connectivity index (χ0n) is 9.64. The van der Waals surface area contributed by atoms with Crippen LogP contribution in [0.3, 0.4) is 0 Å². The van der Waals surface area contributed by atoms with Gasteiger partial charge in [0.2, 0.25) is 0 Å². The van der Waals surface area contributed by atoms with Crippen molar-refractivity contribution >= 4 is 16.7 Å². The van der Waals surface area contributed by atoms with Crippen molar-refractivity contribution in [2.45, 2.75) is 13.8 Å². The van der Waals surface area contributed by atoms with Gasteiger partial charge in [-0.3, -0.25) is 9.78 Å². The van der Waals surface area contributed by atoms with Gasteiger partial charge in [0.05, 0.1) is 5.56 Å². The van der Waals surface area contributed by atoms with E-state index in [1.807, 2.05) is 0 Å². The number of ketones is 1. The van der Waals surface area contributed by atoms with E-state index < -0.39 is 0 Å². The molecule has 0 unspecified atom stereocenters. The minimum Gasteiger partial charge on any atom is -0.506 e. The highest BCUT2D eigenvalue weighted by Gasteiger charge is 2.19. The van der Waals surface area contributed by atoms with Crippen LogP contribution >= 0.6 is 0 Å². The van der Waals surface area contributed by atoms with Gasteiger partial charge in [0.25, 0.3) is 0 Å². The summed E-state index contributed by atoms with van der Waals surface area (Å²) in [4.78, 5) is 15.8. The predicted octanol–water partition coefficient (Wildman–Crippen LogP) is 2.48. The molecule has 2 N–H and O–H groups in total. The summed E-state index contributed by atoms with van der Waals surface area (Å²) in [6.45, 7) is 3.48. The Labute approximate surface area is 98.5 Å². The van der Waals surface area contributed by atoms with E-state index in [2.05, 4.69) is 4.98 Å².